The molecular formula is C50H60N10O40V4. The molecule has 0 spiro atoms. The predicted molar refractivity (Wildman–Crippen MR) is 265 cm³/mol. The second-order valence-corrected chi connectivity index (χ2v) is 19.5. The van der Waals surface area contributed by atoms with Crippen molar-refractivity contribution in [3.8, 4) is 0 Å². The molecule has 0 bridgehead atoms. The minimum atomic E-state index is -1.53. The fourth-order valence-electron chi connectivity index (χ4n) is 7.21. The van der Waals surface area contributed by atoms with E-state index in [0.717, 1.165) is 49.0 Å². The normalized spacial score (nSPS) is 10.3. The van der Waals surface area contributed by atoms with E-state index in [1.54, 1.807) is 0 Å². The summed E-state index contributed by atoms with van der Waals surface area (Å²) in [5, 5.41) is 208. The molecule has 0 aromatic rings. The molecule has 0 atom stereocenters. The molecule has 0 saturated carbocycles. The van der Waals surface area contributed by atoms with Gasteiger partial charge in [0.2, 0.25) is 0 Å². The van der Waals surface area contributed by atoms with Crippen LogP contribution in [0.2, 0.25) is 0 Å². The van der Waals surface area contributed by atoms with Crippen molar-refractivity contribution in [3.05, 3.63) is 0 Å². The van der Waals surface area contributed by atoms with E-state index in [2.05, 4.69) is 0 Å². The van der Waals surface area contributed by atoms with Crippen LogP contribution in [0, 0.1) is 0 Å². The molecule has 0 N–H and O–H groups in total. The van der Waals surface area contributed by atoms with Gasteiger partial charge >= 0.3 is 74.2 Å². The SMILES string of the molecule is O=C([O-])CN(CCN(CC(=O)[O-])CC(=O)[O-])CC(=O)[O-].O=C([O-])CN(CCN(CC(=O)[O-])CC(=O)[O-])CC(=O)[O-].O=C([O-])CN(CCN(CC(=O)[O-])CC(=O)[O-])CC(=O)[O-].O=C([O-])CN(CCN(CC(=O)[O-])CC(=O)[O-])CC(=O)[O-].O=C([O-])CN(CCN(CC(=O)[O-])CC(=O)[O-])CC(=O)[O-].[V+5].[V+5].[V+5].[V+5]. The van der Waals surface area contributed by atoms with Crippen LogP contribution < -0.4 is 102 Å². The smallest absolute Gasteiger partial charge is 0.549 e. The molecule has 0 aliphatic carbocycles. The van der Waals surface area contributed by atoms with Crippen molar-refractivity contribution in [3.63, 3.8) is 0 Å². The monoisotopic (exact) mass is 1640 g/mol. The van der Waals surface area contributed by atoms with Crippen LogP contribution >= 0.6 is 0 Å². The minimum absolute atomic E-state index is 0. The summed E-state index contributed by atoms with van der Waals surface area (Å²) in [6.07, 6.45) is 0. The molecule has 0 aromatic carbocycles. The van der Waals surface area contributed by atoms with Crippen molar-refractivity contribution in [2.45, 2.75) is 0 Å². The average molecular weight is 1640 g/mol. The second kappa shape index (κ2) is 66.3. The zero-order valence-electron chi connectivity index (χ0n) is 53.8. The van der Waals surface area contributed by atoms with Gasteiger partial charge < -0.3 is 198 Å². The van der Waals surface area contributed by atoms with Crippen molar-refractivity contribution in [2.75, 3.05) is 196 Å². The Bertz CT molecular complexity index is 2020. The molecule has 54 heteroatoms. The van der Waals surface area contributed by atoms with Crippen molar-refractivity contribution in [1.29, 1.82) is 0 Å². The van der Waals surface area contributed by atoms with Crippen LogP contribution in [0.4, 0.5) is 0 Å². The summed E-state index contributed by atoms with van der Waals surface area (Å²) in [6.45, 7) is -16.3. The van der Waals surface area contributed by atoms with Crippen molar-refractivity contribution in [2.24, 2.45) is 0 Å². The summed E-state index contributed by atoms with van der Waals surface area (Å²) >= 11 is 0. The Balaban J connectivity index is -0.000000153. The minimum Gasteiger partial charge on any atom is -0.549 e. The number of aliphatic carboxylic acids is 20. The molecule has 0 radical (unpaired) electrons. The third kappa shape index (κ3) is 85.7. The topological polar surface area (TPSA) is 835 Å². The molecule has 0 rings (SSSR count). The van der Waals surface area contributed by atoms with E-state index in [0.29, 0.717) is 0 Å². The van der Waals surface area contributed by atoms with Gasteiger partial charge in [0.05, 0.1) is 119 Å². The van der Waals surface area contributed by atoms with Crippen LogP contribution in [0.15, 0.2) is 0 Å². The quantitative estimate of drug-likeness (QED) is 0.0546. The molecule has 570 valence electrons. The third-order valence-electron chi connectivity index (χ3n) is 10.7. The third-order valence-corrected chi connectivity index (χ3v) is 10.7. The zero-order chi connectivity index (χ0) is 78.5. The summed E-state index contributed by atoms with van der Waals surface area (Å²) in [7, 11) is 0. The Labute approximate surface area is 633 Å². The Morgan fingerprint density at radius 2 is 0.154 bits per heavy atom. The largest absolute Gasteiger partial charge is 5.00 e. The molecule has 0 aliphatic heterocycles. The Morgan fingerprint density at radius 3 is 0.183 bits per heavy atom. The second-order valence-electron chi connectivity index (χ2n) is 19.5. The average Bonchev–Trinajstić information content (AvgIpc) is 1.06. The van der Waals surface area contributed by atoms with Crippen LogP contribution in [-0.2, 0) is 170 Å². The van der Waals surface area contributed by atoms with E-state index < -0.39 is 250 Å². The van der Waals surface area contributed by atoms with Crippen LogP contribution in [-0.4, -0.2) is 365 Å². The molecule has 104 heavy (non-hydrogen) atoms. The summed E-state index contributed by atoms with van der Waals surface area (Å²) in [5.74, 6) is -30.6. The number of rotatable bonds is 55. The number of hydrogen-bond donors (Lipinski definition) is 0. The Morgan fingerprint density at radius 1 is 0.115 bits per heavy atom. The van der Waals surface area contributed by atoms with Gasteiger partial charge in [-0.05, 0) is 0 Å². The first-order chi connectivity index (χ1) is 46.0. The predicted octanol–water partition coefficient (Wildman–Crippen LogP) is -37.1. The number of nitrogens with zero attached hydrogens (tertiary/aromatic N) is 10. The maximum absolute atomic E-state index is 10.4. The molecule has 0 unspecified atom stereocenters. The first-order valence-corrected chi connectivity index (χ1v) is 27.2. The fraction of sp³-hybridized carbons (Fsp3) is 0.600. The molecule has 50 nitrogen and oxygen atoms in total. The van der Waals surface area contributed by atoms with E-state index in [-0.39, 0.29) is 140 Å². The van der Waals surface area contributed by atoms with E-state index in [9.17, 15) is 198 Å². The van der Waals surface area contributed by atoms with Gasteiger partial charge in [0.15, 0.2) is 0 Å². The molecule has 0 amide bonds. The van der Waals surface area contributed by atoms with E-state index >= 15 is 0 Å². The van der Waals surface area contributed by atoms with Gasteiger partial charge in [-0.15, -0.1) is 0 Å². The van der Waals surface area contributed by atoms with Gasteiger partial charge in [0.25, 0.3) is 0 Å². The maximum atomic E-state index is 10.4. The van der Waals surface area contributed by atoms with Gasteiger partial charge in [-0.2, -0.15) is 0 Å². The number of carbonyl (C=O) groups is 20. The first kappa shape index (κ1) is 114. The molecular weight excluding hydrogens is 1580 g/mol. The number of carbonyl (C=O) groups excluding carboxylic acids is 20. The van der Waals surface area contributed by atoms with Crippen LogP contribution in [0.1, 0.15) is 0 Å². The Hall–Kier alpha value is -8.66. The zero-order valence-corrected chi connectivity index (χ0v) is 59.4. The van der Waals surface area contributed by atoms with Gasteiger partial charge in [0.1, 0.15) is 0 Å². The van der Waals surface area contributed by atoms with Crippen molar-refractivity contribution in [1.82, 2.24) is 49.0 Å². The van der Waals surface area contributed by atoms with Crippen LogP contribution in [0.3, 0.4) is 0 Å². The summed E-state index contributed by atoms with van der Waals surface area (Å²) < 4.78 is 0. The Kier molecular flexibility index (Phi) is 72.6. The number of carboxylic acid groups (broad SMARTS) is 20. The standard InChI is InChI=1S/5C10H16N2O8.4V/c5*13-7(14)3-11(4-8(15)16)1-2-12(5-9(17)18)6-10(19)20;;;;/h5*1-6H2,(H,13,14)(H,15,16)(H,17,18)(H,19,20);;;;/q;;;;;4*+5/p-20. The van der Waals surface area contributed by atoms with Crippen LogP contribution in [0.5, 0.6) is 0 Å². The number of hydrogen-bond acceptors (Lipinski definition) is 50. The fourth-order valence-corrected chi connectivity index (χ4v) is 7.21. The van der Waals surface area contributed by atoms with E-state index in [1.165, 1.54) is 0 Å². The van der Waals surface area contributed by atoms with Gasteiger partial charge in [-0.3, -0.25) is 49.0 Å². The van der Waals surface area contributed by atoms with Gasteiger partial charge in [-0.1, -0.05) is 0 Å². The molecule has 0 heterocycles. The van der Waals surface area contributed by atoms with Gasteiger partial charge in [0, 0.05) is 196 Å². The molecule has 0 fully saturated rings. The molecule has 0 aromatic heterocycles. The van der Waals surface area contributed by atoms with Crippen molar-refractivity contribution >= 4 is 119 Å². The van der Waals surface area contributed by atoms with Crippen molar-refractivity contribution < 1.29 is 272 Å². The summed E-state index contributed by atoms with van der Waals surface area (Å²) in [4.78, 5) is 217. The first-order valence-electron chi connectivity index (χ1n) is 27.2. The maximum Gasteiger partial charge on any atom is 5.00 e. The molecule has 0 aliphatic rings. The van der Waals surface area contributed by atoms with Crippen LogP contribution in [0.25, 0.3) is 0 Å². The van der Waals surface area contributed by atoms with Gasteiger partial charge in [-0.25, -0.2) is 0 Å². The summed E-state index contributed by atoms with van der Waals surface area (Å²) in [6, 6.07) is 0. The van der Waals surface area contributed by atoms with E-state index in [1.807, 2.05) is 0 Å². The summed E-state index contributed by atoms with van der Waals surface area (Å²) in [5.41, 5.74) is 0. The van der Waals surface area contributed by atoms with E-state index in [4.69, 9.17) is 0 Å². The number of carboxylic acids is 20. The molecule has 0 saturated heterocycles.